The largest absolute Gasteiger partial charge is 0.303 e. The summed E-state index contributed by atoms with van der Waals surface area (Å²) >= 11 is 0. The van der Waals surface area contributed by atoms with E-state index in [9.17, 15) is 4.79 Å². The third kappa shape index (κ3) is 1.10. The topological polar surface area (TPSA) is 71.5 Å². The number of aldehydes is 1. The summed E-state index contributed by atoms with van der Waals surface area (Å²) in [6.07, 6.45) is 0.769. The van der Waals surface area contributed by atoms with E-state index in [2.05, 4.69) is 20.6 Å². The maximum Gasteiger partial charge on any atom is 0.184 e. The predicted octanol–water partition coefficient (Wildman–Crippen LogP) is -0.498. The minimum atomic E-state index is -0.260. The van der Waals surface area contributed by atoms with Gasteiger partial charge >= 0.3 is 0 Å². The van der Waals surface area contributed by atoms with Crippen molar-refractivity contribution >= 4 is 6.29 Å². The van der Waals surface area contributed by atoms with Crippen LogP contribution in [0.1, 0.15) is 18.7 Å². The fourth-order valence-electron chi connectivity index (χ4n) is 0.423. The molecule has 9 heavy (non-hydrogen) atoms. The molecular formula is C4H6N4O. The van der Waals surface area contributed by atoms with Crippen LogP contribution in [0.5, 0.6) is 0 Å². The number of hydrogen-bond acceptors (Lipinski definition) is 4. The van der Waals surface area contributed by atoms with Gasteiger partial charge in [0.25, 0.3) is 0 Å². The van der Waals surface area contributed by atoms with E-state index in [1.165, 1.54) is 0 Å². The molecule has 0 fully saturated rings. The van der Waals surface area contributed by atoms with Crippen molar-refractivity contribution in [3.05, 3.63) is 5.82 Å². The molecule has 0 bridgehead atoms. The van der Waals surface area contributed by atoms with Crippen LogP contribution in [0.2, 0.25) is 0 Å². The Hall–Kier alpha value is -1.26. The van der Waals surface area contributed by atoms with Gasteiger partial charge < -0.3 is 4.79 Å². The molecule has 1 aromatic heterocycles. The second-order valence-corrected chi connectivity index (χ2v) is 1.69. The number of aromatic nitrogens is 4. The minimum absolute atomic E-state index is 0.260. The summed E-state index contributed by atoms with van der Waals surface area (Å²) < 4.78 is 0. The Morgan fingerprint density at radius 2 is 2.56 bits per heavy atom. The van der Waals surface area contributed by atoms with Crippen LogP contribution >= 0.6 is 0 Å². The second kappa shape index (κ2) is 2.34. The van der Waals surface area contributed by atoms with Gasteiger partial charge in [-0.15, -0.1) is 10.2 Å². The van der Waals surface area contributed by atoms with Crippen molar-refractivity contribution in [3.8, 4) is 0 Å². The van der Waals surface area contributed by atoms with Gasteiger partial charge in [0.1, 0.15) is 6.29 Å². The zero-order valence-corrected chi connectivity index (χ0v) is 4.90. The van der Waals surface area contributed by atoms with Gasteiger partial charge in [0, 0.05) is 0 Å². The van der Waals surface area contributed by atoms with Gasteiger partial charge in [-0.25, -0.2) is 0 Å². The van der Waals surface area contributed by atoms with E-state index in [0.29, 0.717) is 5.82 Å². The molecule has 48 valence electrons. The number of carbonyl (C=O) groups is 1. The summed E-state index contributed by atoms with van der Waals surface area (Å²) in [7, 11) is 0. The summed E-state index contributed by atoms with van der Waals surface area (Å²) in [6, 6.07) is 0. The Bertz CT molecular complexity index is 182. The molecule has 1 N–H and O–H groups in total. The first-order valence-electron chi connectivity index (χ1n) is 2.53. The lowest BCUT2D eigenvalue weighted by atomic mass is 10.2. The van der Waals surface area contributed by atoms with Crippen molar-refractivity contribution in [3.63, 3.8) is 0 Å². The Balaban J connectivity index is 2.76. The Labute approximate surface area is 51.5 Å². The molecule has 5 nitrogen and oxygen atoms in total. The van der Waals surface area contributed by atoms with Gasteiger partial charge in [-0.3, -0.25) is 0 Å². The van der Waals surface area contributed by atoms with Crippen molar-refractivity contribution in [1.29, 1.82) is 0 Å². The first-order valence-corrected chi connectivity index (χ1v) is 2.53. The van der Waals surface area contributed by atoms with E-state index < -0.39 is 0 Å². The standard InChI is InChI=1S/C4H6N4O/c1-3(2-9)4-5-7-8-6-4/h2-3H,1H3,(H,5,6,7,8). The molecule has 0 aromatic carbocycles. The molecule has 1 aromatic rings. The molecule has 0 spiro atoms. The third-order valence-electron chi connectivity index (χ3n) is 0.973. The smallest absolute Gasteiger partial charge is 0.184 e. The monoisotopic (exact) mass is 126 g/mol. The van der Waals surface area contributed by atoms with Gasteiger partial charge in [-0.05, 0) is 6.92 Å². The number of tetrazole rings is 1. The van der Waals surface area contributed by atoms with E-state index in [0.717, 1.165) is 6.29 Å². The van der Waals surface area contributed by atoms with Crippen LogP contribution < -0.4 is 0 Å². The highest BCUT2D eigenvalue weighted by molar-refractivity contribution is 5.58. The van der Waals surface area contributed by atoms with Crippen molar-refractivity contribution in [2.24, 2.45) is 0 Å². The lowest BCUT2D eigenvalue weighted by Gasteiger charge is -1.89. The molecule has 0 saturated heterocycles. The average Bonchev–Trinajstić information content (AvgIpc) is 2.37. The van der Waals surface area contributed by atoms with E-state index in [1.807, 2.05) is 0 Å². The average molecular weight is 126 g/mol. The van der Waals surface area contributed by atoms with E-state index in [-0.39, 0.29) is 5.92 Å². The van der Waals surface area contributed by atoms with Crippen LogP contribution in [0.4, 0.5) is 0 Å². The van der Waals surface area contributed by atoms with Gasteiger partial charge in [0.05, 0.1) is 5.92 Å². The summed E-state index contributed by atoms with van der Waals surface area (Å²) in [5.41, 5.74) is 0. The fourth-order valence-corrected chi connectivity index (χ4v) is 0.423. The molecule has 0 saturated carbocycles. The van der Waals surface area contributed by atoms with E-state index in [1.54, 1.807) is 6.92 Å². The van der Waals surface area contributed by atoms with E-state index >= 15 is 0 Å². The quantitative estimate of drug-likeness (QED) is 0.542. The molecule has 1 atom stereocenters. The van der Waals surface area contributed by atoms with E-state index in [4.69, 9.17) is 0 Å². The number of rotatable bonds is 2. The summed E-state index contributed by atoms with van der Waals surface area (Å²) in [4.78, 5) is 10.1. The highest BCUT2D eigenvalue weighted by Gasteiger charge is 2.06. The summed E-state index contributed by atoms with van der Waals surface area (Å²) in [5.74, 6) is 0.175. The van der Waals surface area contributed by atoms with Crippen LogP contribution in [-0.2, 0) is 4.79 Å². The van der Waals surface area contributed by atoms with Crippen LogP contribution in [0, 0.1) is 0 Å². The number of aromatic amines is 1. The lowest BCUT2D eigenvalue weighted by molar-refractivity contribution is -0.108. The molecule has 1 heterocycles. The number of carbonyl (C=O) groups excluding carboxylic acids is 1. The second-order valence-electron chi connectivity index (χ2n) is 1.69. The maximum atomic E-state index is 10.1. The molecule has 0 aliphatic carbocycles. The zero-order valence-electron chi connectivity index (χ0n) is 4.90. The molecule has 0 aliphatic rings. The Morgan fingerprint density at radius 1 is 1.78 bits per heavy atom. The van der Waals surface area contributed by atoms with Crippen LogP contribution in [0.3, 0.4) is 0 Å². The summed E-state index contributed by atoms with van der Waals surface area (Å²) in [5, 5.41) is 12.8. The first-order chi connectivity index (χ1) is 4.34. The highest BCUT2D eigenvalue weighted by Crippen LogP contribution is 2.01. The number of H-pyrrole nitrogens is 1. The lowest BCUT2D eigenvalue weighted by Crippen LogP contribution is -1.96. The fraction of sp³-hybridized carbons (Fsp3) is 0.500. The van der Waals surface area contributed by atoms with Gasteiger partial charge in [0.2, 0.25) is 0 Å². The molecule has 1 rings (SSSR count). The number of nitrogens with zero attached hydrogens (tertiary/aromatic N) is 3. The number of nitrogens with one attached hydrogen (secondary N) is 1. The first kappa shape index (κ1) is 5.87. The minimum Gasteiger partial charge on any atom is -0.303 e. The molecule has 1 unspecified atom stereocenters. The van der Waals surface area contributed by atoms with Crippen LogP contribution in [0.25, 0.3) is 0 Å². The zero-order chi connectivity index (χ0) is 6.69. The highest BCUT2D eigenvalue weighted by atomic mass is 16.1. The van der Waals surface area contributed by atoms with Crippen LogP contribution in [0.15, 0.2) is 0 Å². The molecule has 0 aliphatic heterocycles. The van der Waals surface area contributed by atoms with Crippen molar-refractivity contribution in [2.45, 2.75) is 12.8 Å². The maximum absolute atomic E-state index is 10.1. The molecular weight excluding hydrogens is 120 g/mol. The van der Waals surface area contributed by atoms with Crippen molar-refractivity contribution in [2.75, 3.05) is 0 Å². The summed E-state index contributed by atoms with van der Waals surface area (Å²) in [6.45, 7) is 1.71. The normalized spacial score (nSPS) is 13.0. The van der Waals surface area contributed by atoms with Crippen molar-refractivity contribution < 1.29 is 4.79 Å². The SMILES string of the molecule is CC(C=O)c1nn[nH]n1. The molecule has 0 radical (unpaired) electrons. The Morgan fingerprint density at radius 3 is 3.00 bits per heavy atom. The van der Waals surface area contributed by atoms with Gasteiger partial charge in [0.15, 0.2) is 5.82 Å². The predicted molar refractivity (Wildman–Crippen MR) is 28.7 cm³/mol. The molecule has 0 amide bonds. The van der Waals surface area contributed by atoms with Gasteiger partial charge in [-0.2, -0.15) is 5.21 Å². The molecule has 5 heteroatoms. The van der Waals surface area contributed by atoms with Gasteiger partial charge in [-0.1, -0.05) is 5.21 Å². The van der Waals surface area contributed by atoms with Crippen molar-refractivity contribution in [1.82, 2.24) is 20.6 Å². The number of hydrogen-bond donors (Lipinski definition) is 1. The Kier molecular flexibility index (Phi) is 1.53. The van der Waals surface area contributed by atoms with Crippen LogP contribution in [-0.4, -0.2) is 26.9 Å². The third-order valence-corrected chi connectivity index (χ3v) is 0.973.